The van der Waals surface area contributed by atoms with Crippen molar-refractivity contribution in [2.75, 3.05) is 12.4 Å². The standard InChI is InChI=1S/C8H11N3S/c1-6-3-4-7(5-10-6)11-8(12)9-2/h3-5H,1-2H3,(H2,9,11,12). The van der Waals surface area contributed by atoms with Crippen LogP contribution in [0.15, 0.2) is 18.3 Å². The van der Waals surface area contributed by atoms with E-state index in [0.717, 1.165) is 11.4 Å². The lowest BCUT2D eigenvalue weighted by atomic mass is 10.3. The van der Waals surface area contributed by atoms with E-state index >= 15 is 0 Å². The maximum Gasteiger partial charge on any atom is 0.170 e. The zero-order valence-electron chi connectivity index (χ0n) is 7.09. The lowest BCUT2D eigenvalue weighted by Crippen LogP contribution is -2.24. The Hall–Kier alpha value is -1.16. The first-order valence-corrected chi connectivity index (χ1v) is 4.04. The number of rotatable bonds is 1. The number of nitrogens with zero attached hydrogens (tertiary/aromatic N) is 1. The van der Waals surface area contributed by atoms with Gasteiger partial charge in [-0.2, -0.15) is 0 Å². The van der Waals surface area contributed by atoms with Crippen molar-refractivity contribution in [2.24, 2.45) is 0 Å². The second kappa shape index (κ2) is 4.01. The fourth-order valence-electron chi connectivity index (χ4n) is 0.735. The van der Waals surface area contributed by atoms with Gasteiger partial charge in [0, 0.05) is 12.7 Å². The number of thiocarbonyl (C=S) groups is 1. The number of hydrogen-bond donors (Lipinski definition) is 2. The van der Waals surface area contributed by atoms with Crippen LogP contribution in [0.2, 0.25) is 0 Å². The molecule has 0 saturated carbocycles. The molecule has 0 amide bonds. The van der Waals surface area contributed by atoms with E-state index in [1.54, 1.807) is 13.2 Å². The normalized spacial score (nSPS) is 9.17. The van der Waals surface area contributed by atoms with E-state index < -0.39 is 0 Å². The molecular weight excluding hydrogens is 170 g/mol. The predicted octanol–water partition coefficient (Wildman–Crippen LogP) is 1.31. The quantitative estimate of drug-likeness (QED) is 0.640. The third kappa shape index (κ3) is 2.47. The Bertz CT molecular complexity index is 268. The Balaban J connectivity index is 2.64. The largest absolute Gasteiger partial charge is 0.366 e. The summed E-state index contributed by atoms with van der Waals surface area (Å²) in [4.78, 5) is 4.12. The average Bonchev–Trinajstić information content (AvgIpc) is 2.09. The van der Waals surface area contributed by atoms with Crippen molar-refractivity contribution in [1.29, 1.82) is 0 Å². The van der Waals surface area contributed by atoms with Crippen LogP contribution in [0.4, 0.5) is 5.69 Å². The van der Waals surface area contributed by atoms with Crippen LogP contribution >= 0.6 is 12.2 Å². The van der Waals surface area contributed by atoms with Crippen molar-refractivity contribution in [3.8, 4) is 0 Å². The van der Waals surface area contributed by atoms with Gasteiger partial charge in [0.1, 0.15) is 0 Å². The van der Waals surface area contributed by atoms with Crippen LogP contribution in [0.3, 0.4) is 0 Å². The highest BCUT2D eigenvalue weighted by atomic mass is 32.1. The summed E-state index contributed by atoms with van der Waals surface area (Å²) in [7, 11) is 1.77. The minimum Gasteiger partial charge on any atom is -0.366 e. The second-order valence-electron chi connectivity index (χ2n) is 2.39. The van der Waals surface area contributed by atoms with Crippen LogP contribution < -0.4 is 10.6 Å². The summed E-state index contributed by atoms with van der Waals surface area (Å²) in [5.41, 5.74) is 1.90. The smallest absolute Gasteiger partial charge is 0.170 e. The van der Waals surface area contributed by atoms with E-state index in [0.29, 0.717) is 5.11 Å². The lowest BCUT2D eigenvalue weighted by Gasteiger charge is -2.05. The van der Waals surface area contributed by atoms with E-state index in [1.165, 1.54) is 0 Å². The first kappa shape index (κ1) is 8.93. The summed E-state index contributed by atoms with van der Waals surface area (Å²) >= 11 is 4.92. The van der Waals surface area contributed by atoms with Crippen molar-refractivity contribution in [1.82, 2.24) is 10.3 Å². The van der Waals surface area contributed by atoms with Gasteiger partial charge in [-0.25, -0.2) is 0 Å². The first-order valence-electron chi connectivity index (χ1n) is 3.64. The first-order chi connectivity index (χ1) is 5.72. The molecule has 0 radical (unpaired) electrons. The zero-order chi connectivity index (χ0) is 8.97. The molecule has 1 aromatic heterocycles. The van der Waals surface area contributed by atoms with Gasteiger partial charge in [-0.05, 0) is 31.3 Å². The molecule has 0 fully saturated rings. The maximum atomic E-state index is 4.92. The molecule has 12 heavy (non-hydrogen) atoms. The molecule has 1 rings (SSSR count). The molecule has 2 N–H and O–H groups in total. The van der Waals surface area contributed by atoms with E-state index in [2.05, 4.69) is 15.6 Å². The zero-order valence-corrected chi connectivity index (χ0v) is 7.90. The molecule has 0 aliphatic rings. The molecule has 1 heterocycles. The summed E-state index contributed by atoms with van der Waals surface area (Å²) in [5, 5.41) is 6.40. The Kier molecular flexibility index (Phi) is 2.99. The van der Waals surface area contributed by atoms with E-state index in [-0.39, 0.29) is 0 Å². The van der Waals surface area contributed by atoms with Gasteiger partial charge in [0.25, 0.3) is 0 Å². The minimum atomic E-state index is 0.598. The summed E-state index contributed by atoms with van der Waals surface area (Å²) in [6, 6.07) is 3.87. The summed E-state index contributed by atoms with van der Waals surface area (Å²) in [5.74, 6) is 0. The van der Waals surface area contributed by atoms with E-state index in [1.807, 2.05) is 19.1 Å². The monoisotopic (exact) mass is 181 g/mol. The third-order valence-corrected chi connectivity index (χ3v) is 1.70. The van der Waals surface area contributed by atoms with E-state index in [9.17, 15) is 0 Å². The van der Waals surface area contributed by atoms with Gasteiger partial charge >= 0.3 is 0 Å². The molecule has 3 nitrogen and oxygen atoms in total. The molecule has 0 atom stereocenters. The highest BCUT2D eigenvalue weighted by molar-refractivity contribution is 7.80. The lowest BCUT2D eigenvalue weighted by molar-refractivity contribution is 1.18. The summed E-state index contributed by atoms with van der Waals surface area (Å²) in [6.45, 7) is 1.94. The average molecular weight is 181 g/mol. The van der Waals surface area contributed by atoms with Crippen LogP contribution in [-0.2, 0) is 0 Å². The van der Waals surface area contributed by atoms with Gasteiger partial charge in [0.05, 0.1) is 11.9 Å². The van der Waals surface area contributed by atoms with Crippen molar-refractivity contribution >= 4 is 23.0 Å². The van der Waals surface area contributed by atoms with Crippen molar-refractivity contribution < 1.29 is 0 Å². The molecule has 1 aromatic rings. The molecule has 0 spiro atoms. The summed E-state index contributed by atoms with van der Waals surface area (Å²) in [6.07, 6.45) is 1.75. The van der Waals surface area contributed by atoms with E-state index in [4.69, 9.17) is 12.2 Å². The highest BCUT2D eigenvalue weighted by Crippen LogP contribution is 2.04. The maximum absolute atomic E-state index is 4.92. The number of anilines is 1. The van der Waals surface area contributed by atoms with Crippen LogP contribution in [0.25, 0.3) is 0 Å². The van der Waals surface area contributed by atoms with Crippen LogP contribution in [0, 0.1) is 6.92 Å². The summed E-state index contributed by atoms with van der Waals surface area (Å²) < 4.78 is 0. The van der Waals surface area contributed by atoms with Crippen molar-refractivity contribution in [3.63, 3.8) is 0 Å². The molecule has 0 bridgehead atoms. The second-order valence-corrected chi connectivity index (χ2v) is 2.80. The molecule has 64 valence electrons. The molecule has 0 aliphatic heterocycles. The van der Waals surface area contributed by atoms with Gasteiger partial charge in [-0.3, -0.25) is 4.98 Å². The van der Waals surface area contributed by atoms with Gasteiger partial charge in [0.15, 0.2) is 5.11 Å². The highest BCUT2D eigenvalue weighted by Gasteiger charge is 1.93. The number of hydrogen-bond acceptors (Lipinski definition) is 2. The minimum absolute atomic E-state index is 0.598. The third-order valence-electron chi connectivity index (χ3n) is 1.40. The topological polar surface area (TPSA) is 37.0 Å². The fourth-order valence-corrected chi connectivity index (χ4v) is 0.853. The van der Waals surface area contributed by atoms with Gasteiger partial charge in [0.2, 0.25) is 0 Å². The van der Waals surface area contributed by atoms with Crippen molar-refractivity contribution in [3.05, 3.63) is 24.0 Å². The number of aryl methyl sites for hydroxylation is 1. The molecule has 0 unspecified atom stereocenters. The van der Waals surface area contributed by atoms with Gasteiger partial charge < -0.3 is 10.6 Å². The molecular formula is C8H11N3S. The van der Waals surface area contributed by atoms with Gasteiger partial charge in [-0.15, -0.1) is 0 Å². The molecule has 0 aliphatic carbocycles. The predicted molar refractivity (Wildman–Crippen MR) is 54.3 cm³/mol. The Morgan fingerprint density at radius 3 is 2.75 bits per heavy atom. The van der Waals surface area contributed by atoms with Gasteiger partial charge in [-0.1, -0.05) is 0 Å². The van der Waals surface area contributed by atoms with Crippen LogP contribution in [0.5, 0.6) is 0 Å². The van der Waals surface area contributed by atoms with Crippen LogP contribution in [-0.4, -0.2) is 17.1 Å². The Morgan fingerprint density at radius 2 is 2.25 bits per heavy atom. The Morgan fingerprint density at radius 1 is 1.50 bits per heavy atom. The van der Waals surface area contributed by atoms with Crippen molar-refractivity contribution in [2.45, 2.75) is 6.92 Å². The Labute approximate surface area is 77.2 Å². The SMILES string of the molecule is CNC(=S)Nc1ccc(C)nc1. The number of aromatic nitrogens is 1. The number of pyridine rings is 1. The van der Waals surface area contributed by atoms with Crippen LogP contribution in [0.1, 0.15) is 5.69 Å². The fraction of sp³-hybridized carbons (Fsp3) is 0.250. The molecule has 0 saturated heterocycles. The molecule has 0 aromatic carbocycles. The number of nitrogens with one attached hydrogen (secondary N) is 2. The molecule has 4 heteroatoms.